The van der Waals surface area contributed by atoms with Crippen molar-refractivity contribution in [1.82, 2.24) is 10.3 Å². The largest absolute Gasteiger partial charge is 0.352 e. The minimum Gasteiger partial charge on any atom is -0.352 e. The molecule has 0 fully saturated rings. The van der Waals surface area contributed by atoms with Crippen LogP contribution in [-0.4, -0.2) is 17.4 Å². The van der Waals surface area contributed by atoms with Gasteiger partial charge in [0.1, 0.15) is 0 Å². The van der Waals surface area contributed by atoms with E-state index in [9.17, 15) is 4.79 Å². The summed E-state index contributed by atoms with van der Waals surface area (Å²) in [4.78, 5) is 15.9. The topological polar surface area (TPSA) is 42.0 Å². The first-order valence-corrected chi connectivity index (χ1v) is 7.21. The van der Waals surface area contributed by atoms with Crippen LogP contribution in [0.25, 0.3) is 6.08 Å². The lowest BCUT2D eigenvalue weighted by Gasteiger charge is -2.02. The van der Waals surface area contributed by atoms with Crippen LogP contribution in [0.5, 0.6) is 0 Å². The average Bonchev–Trinajstić information content (AvgIpc) is 2.49. The Morgan fingerprint density at radius 2 is 2.10 bits per heavy atom. The number of carbonyl (C=O) groups is 1. The van der Waals surface area contributed by atoms with Crippen LogP contribution in [0.4, 0.5) is 0 Å². The number of pyridine rings is 1. The number of halogens is 2. The fourth-order valence-corrected chi connectivity index (χ4v) is 2.09. The molecule has 0 unspecified atom stereocenters. The molecule has 1 aromatic heterocycles. The van der Waals surface area contributed by atoms with Crippen molar-refractivity contribution in [2.24, 2.45) is 0 Å². The van der Waals surface area contributed by atoms with Gasteiger partial charge < -0.3 is 5.32 Å². The van der Waals surface area contributed by atoms with Crippen LogP contribution in [0.1, 0.15) is 11.3 Å². The van der Waals surface area contributed by atoms with Crippen molar-refractivity contribution < 1.29 is 4.79 Å². The van der Waals surface area contributed by atoms with Gasteiger partial charge in [-0.1, -0.05) is 29.3 Å². The molecule has 0 radical (unpaired) electrons. The zero-order chi connectivity index (χ0) is 15.1. The Morgan fingerprint density at radius 3 is 2.86 bits per heavy atom. The van der Waals surface area contributed by atoms with E-state index in [2.05, 4.69) is 10.3 Å². The molecule has 0 atom stereocenters. The Morgan fingerprint density at radius 1 is 1.24 bits per heavy atom. The first-order valence-electron chi connectivity index (χ1n) is 6.46. The molecule has 1 amide bonds. The minimum atomic E-state index is -0.179. The second-order valence-electron chi connectivity index (χ2n) is 4.36. The van der Waals surface area contributed by atoms with Crippen LogP contribution in [0.15, 0.2) is 48.7 Å². The molecule has 0 aliphatic heterocycles. The number of aromatic nitrogens is 1. The lowest BCUT2D eigenvalue weighted by atomic mass is 10.2. The summed E-state index contributed by atoms with van der Waals surface area (Å²) in [6.45, 7) is 0.531. The Balaban J connectivity index is 1.84. The van der Waals surface area contributed by atoms with Crippen molar-refractivity contribution >= 4 is 35.2 Å². The monoisotopic (exact) mass is 320 g/mol. The van der Waals surface area contributed by atoms with Gasteiger partial charge in [-0.3, -0.25) is 9.78 Å². The highest BCUT2D eigenvalue weighted by molar-refractivity contribution is 6.34. The summed E-state index contributed by atoms with van der Waals surface area (Å²) in [6, 6.07) is 10.8. The van der Waals surface area contributed by atoms with E-state index in [1.54, 1.807) is 30.5 Å². The van der Waals surface area contributed by atoms with Crippen molar-refractivity contribution in [3.63, 3.8) is 0 Å². The summed E-state index contributed by atoms with van der Waals surface area (Å²) >= 11 is 11.9. The molecule has 0 aliphatic carbocycles. The Kier molecular flexibility index (Phi) is 5.78. The first kappa shape index (κ1) is 15.5. The highest BCUT2D eigenvalue weighted by Crippen LogP contribution is 2.21. The van der Waals surface area contributed by atoms with E-state index in [1.165, 1.54) is 6.08 Å². The van der Waals surface area contributed by atoms with Gasteiger partial charge in [-0.2, -0.15) is 0 Å². The van der Waals surface area contributed by atoms with E-state index in [1.807, 2.05) is 18.2 Å². The third kappa shape index (κ3) is 5.21. The number of amides is 1. The molecule has 0 saturated carbocycles. The number of benzene rings is 1. The van der Waals surface area contributed by atoms with E-state index in [-0.39, 0.29) is 5.91 Å². The molecule has 1 aromatic carbocycles. The maximum atomic E-state index is 11.7. The molecule has 2 aromatic rings. The standard InChI is InChI=1S/C16H14Cl2N2O/c17-13-5-6-15(18)12(11-13)4-7-16(21)20-10-8-14-3-1-2-9-19-14/h1-7,9,11H,8,10H2,(H,20,21)/b7-4+. The van der Waals surface area contributed by atoms with Gasteiger partial charge in [0.15, 0.2) is 0 Å². The Hall–Kier alpha value is -1.84. The van der Waals surface area contributed by atoms with Crippen molar-refractivity contribution in [1.29, 1.82) is 0 Å². The highest BCUT2D eigenvalue weighted by atomic mass is 35.5. The van der Waals surface area contributed by atoms with E-state index in [0.29, 0.717) is 28.6 Å². The summed E-state index contributed by atoms with van der Waals surface area (Å²) in [5.74, 6) is -0.179. The van der Waals surface area contributed by atoms with Gasteiger partial charge in [0, 0.05) is 41.0 Å². The van der Waals surface area contributed by atoms with Crippen LogP contribution in [0.3, 0.4) is 0 Å². The van der Waals surface area contributed by atoms with Gasteiger partial charge in [0.25, 0.3) is 0 Å². The predicted molar refractivity (Wildman–Crippen MR) is 86.4 cm³/mol. The zero-order valence-corrected chi connectivity index (χ0v) is 12.7. The number of hydrogen-bond acceptors (Lipinski definition) is 2. The lowest BCUT2D eigenvalue weighted by Crippen LogP contribution is -2.23. The van der Waals surface area contributed by atoms with Gasteiger partial charge in [0.05, 0.1) is 0 Å². The van der Waals surface area contributed by atoms with Crippen LogP contribution in [-0.2, 0) is 11.2 Å². The molecule has 0 bridgehead atoms. The third-order valence-corrected chi connectivity index (χ3v) is 3.36. The van der Waals surface area contributed by atoms with Crippen LogP contribution in [0, 0.1) is 0 Å². The first-order chi connectivity index (χ1) is 10.1. The number of rotatable bonds is 5. The molecule has 108 valence electrons. The van der Waals surface area contributed by atoms with E-state index in [0.717, 1.165) is 5.69 Å². The maximum Gasteiger partial charge on any atom is 0.244 e. The molecule has 3 nitrogen and oxygen atoms in total. The van der Waals surface area contributed by atoms with Gasteiger partial charge in [0.2, 0.25) is 5.91 Å². The van der Waals surface area contributed by atoms with Crippen LogP contribution < -0.4 is 5.32 Å². The quantitative estimate of drug-likeness (QED) is 0.852. The number of carbonyl (C=O) groups excluding carboxylic acids is 1. The third-order valence-electron chi connectivity index (χ3n) is 2.78. The van der Waals surface area contributed by atoms with E-state index < -0.39 is 0 Å². The molecule has 2 rings (SSSR count). The molecule has 5 heteroatoms. The fourth-order valence-electron chi connectivity index (χ4n) is 1.73. The molecule has 0 aliphatic rings. The summed E-state index contributed by atoms with van der Waals surface area (Å²) in [7, 11) is 0. The predicted octanol–water partition coefficient (Wildman–Crippen LogP) is 3.76. The normalized spacial score (nSPS) is 10.8. The van der Waals surface area contributed by atoms with E-state index >= 15 is 0 Å². The van der Waals surface area contributed by atoms with Crippen LogP contribution >= 0.6 is 23.2 Å². The summed E-state index contributed by atoms with van der Waals surface area (Å²) in [5, 5.41) is 3.92. The van der Waals surface area contributed by atoms with Crippen molar-refractivity contribution in [3.05, 3.63) is 70.0 Å². The SMILES string of the molecule is O=C(/C=C/c1cc(Cl)ccc1Cl)NCCc1ccccn1. The molecular formula is C16H14Cl2N2O. The molecule has 1 N–H and O–H groups in total. The molecule has 0 spiro atoms. The minimum absolute atomic E-state index is 0.179. The number of nitrogens with zero attached hydrogens (tertiary/aromatic N) is 1. The lowest BCUT2D eigenvalue weighted by molar-refractivity contribution is -0.116. The van der Waals surface area contributed by atoms with Gasteiger partial charge in [-0.15, -0.1) is 0 Å². The zero-order valence-electron chi connectivity index (χ0n) is 11.2. The molecule has 21 heavy (non-hydrogen) atoms. The second kappa shape index (κ2) is 7.81. The molecular weight excluding hydrogens is 307 g/mol. The number of nitrogens with one attached hydrogen (secondary N) is 1. The number of hydrogen-bond donors (Lipinski definition) is 1. The Bertz CT molecular complexity index is 642. The van der Waals surface area contributed by atoms with E-state index in [4.69, 9.17) is 23.2 Å². The smallest absolute Gasteiger partial charge is 0.244 e. The van der Waals surface area contributed by atoms with Crippen molar-refractivity contribution in [2.45, 2.75) is 6.42 Å². The molecule has 0 saturated heterocycles. The fraction of sp³-hybridized carbons (Fsp3) is 0.125. The van der Waals surface area contributed by atoms with Crippen molar-refractivity contribution in [3.8, 4) is 0 Å². The van der Waals surface area contributed by atoms with Gasteiger partial charge >= 0.3 is 0 Å². The molecule has 1 heterocycles. The van der Waals surface area contributed by atoms with Crippen LogP contribution in [0.2, 0.25) is 10.0 Å². The second-order valence-corrected chi connectivity index (χ2v) is 5.20. The Labute approximate surface area is 133 Å². The highest BCUT2D eigenvalue weighted by Gasteiger charge is 2.00. The van der Waals surface area contributed by atoms with Gasteiger partial charge in [-0.05, 0) is 42.0 Å². The van der Waals surface area contributed by atoms with Crippen molar-refractivity contribution in [2.75, 3.05) is 6.54 Å². The average molecular weight is 321 g/mol. The maximum absolute atomic E-state index is 11.7. The summed E-state index contributed by atoms with van der Waals surface area (Å²) in [6.07, 6.45) is 5.51. The summed E-state index contributed by atoms with van der Waals surface area (Å²) < 4.78 is 0. The summed E-state index contributed by atoms with van der Waals surface area (Å²) in [5.41, 5.74) is 1.66. The van der Waals surface area contributed by atoms with Gasteiger partial charge in [-0.25, -0.2) is 0 Å².